The van der Waals surface area contributed by atoms with E-state index in [0.717, 1.165) is 13.2 Å². The van der Waals surface area contributed by atoms with Crippen LogP contribution in [0.2, 0.25) is 0 Å². The van der Waals surface area contributed by atoms with Gasteiger partial charge in [-0.1, -0.05) is 0 Å². The van der Waals surface area contributed by atoms with Gasteiger partial charge in [0.1, 0.15) is 0 Å². The van der Waals surface area contributed by atoms with Gasteiger partial charge in [0.2, 0.25) is 0 Å². The van der Waals surface area contributed by atoms with Gasteiger partial charge in [0, 0.05) is 0 Å². The molecule has 0 rings (SSSR count). The summed E-state index contributed by atoms with van der Waals surface area (Å²) in [5.41, 5.74) is 0. The first-order valence-electron chi connectivity index (χ1n) is 4.11. The van der Waals surface area contributed by atoms with Crippen molar-refractivity contribution in [1.82, 2.24) is 0 Å². The van der Waals surface area contributed by atoms with E-state index in [2.05, 4.69) is 27.7 Å². The molecule has 0 amide bonds. The minimum absolute atomic E-state index is 0. The zero-order valence-corrected chi connectivity index (χ0v) is 13.4. The Balaban J connectivity index is -0.000000500. The molecule has 0 aliphatic rings. The second-order valence-electron chi connectivity index (χ2n) is 3.49. The molecule has 0 unspecified atom stereocenters. The van der Waals surface area contributed by atoms with Gasteiger partial charge in [-0.15, -0.1) is 0 Å². The molecular weight excluding hydrogens is 336 g/mol. The van der Waals surface area contributed by atoms with Crippen LogP contribution in [0, 0.1) is 11.8 Å². The Morgan fingerprint density at radius 2 is 1.15 bits per heavy atom. The molecule has 13 heavy (non-hydrogen) atoms. The second kappa shape index (κ2) is 13.6. The molecule has 0 atom stereocenters. The molecule has 0 aromatic heterocycles. The van der Waals surface area contributed by atoms with Crippen molar-refractivity contribution in [2.24, 2.45) is 11.8 Å². The van der Waals surface area contributed by atoms with Gasteiger partial charge in [-0.2, -0.15) is 0 Å². The summed E-state index contributed by atoms with van der Waals surface area (Å²) in [6, 6.07) is 0. The molecule has 0 spiro atoms. The van der Waals surface area contributed by atoms with E-state index in [1.54, 1.807) is 0 Å². The third kappa shape index (κ3) is 19.9. The largest absolute Gasteiger partial charge is 1.00 e. The van der Waals surface area contributed by atoms with Crippen LogP contribution in [-0.4, -0.2) is 13.2 Å². The summed E-state index contributed by atoms with van der Waals surface area (Å²) < 4.78 is 10.7. The average Bonchev–Trinajstić information content (AvgIpc) is 1.85. The maximum atomic E-state index is 5.35. The maximum absolute atomic E-state index is 5.35. The minimum Gasteiger partial charge on any atom is -1.00 e. The van der Waals surface area contributed by atoms with Crippen LogP contribution in [-0.2, 0) is 26.6 Å². The molecule has 0 aromatic rings. The van der Waals surface area contributed by atoms with Crippen molar-refractivity contribution in [2.45, 2.75) is 27.7 Å². The normalized spacial score (nSPS) is 9.08. The van der Waals surface area contributed by atoms with Gasteiger partial charge in [-0.25, -0.2) is 0 Å². The fraction of sp³-hybridized carbons (Fsp3) is 1.00. The van der Waals surface area contributed by atoms with E-state index in [9.17, 15) is 0 Å². The zero-order chi connectivity index (χ0) is 8.69. The standard InChI is InChI=1S/2C4H9O.2BrH.Ti/c2*1-4(2)3-5;;;/h2*4H,3H2,1-2H3;2*1H;/q2*-1;;;+4/p-2. The van der Waals surface area contributed by atoms with E-state index >= 15 is 0 Å². The van der Waals surface area contributed by atoms with Crippen LogP contribution in [0.5, 0.6) is 0 Å². The Hall–Kier alpha value is 1.59. The first kappa shape index (κ1) is 20.1. The quantitative estimate of drug-likeness (QED) is 0.361. The fourth-order valence-electron chi connectivity index (χ4n) is 0.443. The summed E-state index contributed by atoms with van der Waals surface area (Å²) in [5, 5.41) is 0. The molecule has 0 bridgehead atoms. The zero-order valence-electron chi connectivity index (χ0n) is 8.64. The molecule has 0 heterocycles. The topological polar surface area (TPSA) is 18.5 Å². The van der Waals surface area contributed by atoms with Crippen molar-refractivity contribution in [3.05, 3.63) is 0 Å². The first-order chi connectivity index (χ1) is 5.13. The van der Waals surface area contributed by atoms with Gasteiger partial charge < -0.3 is 34.0 Å². The molecule has 0 N–H and O–H groups in total. The molecule has 0 saturated carbocycles. The van der Waals surface area contributed by atoms with Crippen LogP contribution in [0.3, 0.4) is 0 Å². The van der Waals surface area contributed by atoms with E-state index in [-0.39, 0.29) is 34.0 Å². The van der Waals surface area contributed by atoms with Crippen LogP contribution in [0.1, 0.15) is 27.7 Å². The van der Waals surface area contributed by atoms with Crippen molar-refractivity contribution in [3.63, 3.8) is 0 Å². The Labute approximate surface area is 113 Å². The van der Waals surface area contributed by atoms with Crippen molar-refractivity contribution >= 4 is 0 Å². The molecule has 0 aliphatic carbocycles. The summed E-state index contributed by atoms with van der Waals surface area (Å²) in [5.74, 6) is 1.25. The molecular formula is C8H18Br2O2Ti. The summed E-state index contributed by atoms with van der Waals surface area (Å²) in [6.45, 7) is 10.3. The number of hydrogen-bond acceptors (Lipinski definition) is 2. The van der Waals surface area contributed by atoms with Crippen molar-refractivity contribution < 1.29 is 60.5 Å². The van der Waals surface area contributed by atoms with Gasteiger partial charge in [-0.3, -0.25) is 0 Å². The average molecular weight is 354 g/mol. The summed E-state index contributed by atoms with van der Waals surface area (Å²) >= 11 is -0.563. The monoisotopic (exact) mass is 352 g/mol. The van der Waals surface area contributed by atoms with Crippen molar-refractivity contribution in [1.29, 1.82) is 0 Å². The van der Waals surface area contributed by atoms with E-state index in [4.69, 9.17) is 6.64 Å². The smallest absolute Gasteiger partial charge is 1.00 e. The van der Waals surface area contributed by atoms with E-state index < -0.39 is 19.9 Å². The Morgan fingerprint density at radius 1 is 0.846 bits per heavy atom. The fourth-order valence-corrected chi connectivity index (χ4v) is 1.83. The Bertz CT molecular complexity index is 82.2. The van der Waals surface area contributed by atoms with Gasteiger partial charge in [0.15, 0.2) is 0 Å². The molecule has 0 aromatic carbocycles. The van der Waals surface area contributed by atoms with E-state index in [1.807, 2.05) is 0 Å². The van der Waals surface area contributed by atoms with Gasteiger partial charge in [0.25, 0.3) is 0 Å². The summed E-state index contributed by atoms with van der Waals surface area (Å²) in [7, 11) is 0. The van der Waals surface area contributed by atoms with E-state index in [1.165, 1.54) is 0 Å². The second-order valence-corrected chi connectivity index (χ2v) is 4.65. The molecule has 0 fully saturated rings. The van der Waals surface area contributed by atoms with Crippen LogP contribution in [0.4, 0.5) is 0 Å². The number of halogens is 2. The van der Waals surface area contributed by atoms with Crippen LogP contribution in [0.25, 0.3) is 0 Å². The van der Waals surface area contributed by atoms with Crippen LogP contribution < -0.4 is 34.0 Å². The summed E-state index contributed by atoms with van der Waals surface area (Å²) in [6.07, 6.45) is 0. The Morgan fingerprint density at radius 3 is 1.38 bits per heavy atom. The van der Waals surface area contributed by atoms with Crippen molar-refractivity contribution in [2.75, 3.05) is 13.2 Å². The molecule has 0 radical (unpaired) electrons. The van der Waals surface area contributed by atoms with E-state index in [0.29, 0.717) is 11.8 Å². The molecule has 80 valence electrons. The SMILES string of the molecule is CC(C)C[O][Ti+2][O]CC(C)C.[Br-].[Br-]. The van der Waals surface area contributed by atoms with Gasteiger partial charge in [0.05, 0.1) is 0 Å². The van der Waals surface area contributed by atoms with Crippen LogP contribution in [0.15, 0.2) is 0 Å². The predicted molar refractivity (Wildman–Crippen MR) is 41.6 cm³/mol. The van der Waals surface area contributed by atoms with Crippen LogP contribution >= 0.6 is 0 Å². The van der Waals surface area contributed by atoms with Gasteiger partial charge in [-0.05, 0) is 0 Å². The molecule has 5 heteroatoms. The predicted octanol–water partition coefficient (Wildman–Crippen LogP) is -3.75. The number of rotatable bonds is 6. The van der Waals surface area contributed by atoms with Gasteiger partial charge >= 0.3 is 79.3 Å². The Kier molecular flexibility index (Phi) is 21.0. The minimum atomic E-state index is -0.563. The molecule has 0 aliphatic heterocycles. The molecule has 2 nitrogen and oxygen atoms in total. The maximum Gasteiger partial charge on any atom is -1.00 e. The van der Waals surface area contributed by atoms with Crippen molar-refractivity contribution in [3.8, 4) is 0 Å². The third-order valence-electron chi connectivity index (χ3n) is 0.951. The first-order valence-corrected chi connectivity index (χ1v) is 5.39. The third-order valence-corrected chi connectivity index (χ3v) is 1.84. The number of hydrogen-bond donors (Lipinski definition) is 0. The summed E-state index contributed by atoms with van der Waals surface area (Å²) in [4.78, 5) is 0. The molecule has 0 saturated heterocycles.